The molecule has 4 aromatic carbocycles. The maximum Gasteiger partial charge on any atom is 0.254 e. The molecule has 0 saturated carbocycles. The zero-order chi connectivity index (χ0) is 20.3. The molecule has 0 bridgehead atoms. The van der Waals surface area contributed by atoms with Crippen molar-refractivity contribution in [1.82, 2.24) is 4.90 Å². The Morgan fingerprint density at radius 2 is 1.43 bits per heavy atom. The van der Waals surface area contributed by atoms with Crippen LogP contribution in [0, 0.1) is 0 Å². The van der Waals surface area contributed by atoms with Gasteiger partial charge in [-0.15, -0.1) is 0 Å². The maximum absolute atomic E-state index is 13.5. The SMILES string of the molecule is O=C(c1ccc2ccccc2c1)N(Cc1ccccc1)Cc1ccc2c(c1)OCO2. The van der Waals surface area contributed by atoms with E-state index in [0.717, 1.165) is 33.4 Å². The van der Waals surface area contributed by atoms with Gasteiger partial charge in [0.25, 0.3) is 5.91 Å². The molecule has 1 amide bonds. The van der Waals surface area contributed by atoms with Gasteiger partial charge in [0, 0.05) is 18.7 Å². The summed E-state index contributed by atoms with van der Waals surface area (Å²) in [7, 11) is 0. The first-order chi connectivity index (χ1) is 14.8. The predicted octanol–water partition coefficient (Wildman–Crippen LogP) is 5.41. The van der Waals surface area contributed by atoms with Gasteiger partial charge in [0.1, 0.15) is 0 Å². The highest BCUT2D eigenvalue weighted by molar-refractivity contribution is 5.98. The molecule has 1 aliphatic heterocycles. The summed E-state index contributed by atoms with van der Waals surface area (Å²) in [4.78, 5) is 15.4. The number of amides is 1. The van der Waals surface area contributed by atoms with Crippen LogP contribution < -0.4 is 9.47 Å². The van der Waals surface area contributed by atoms with Crippen LogP contribution in [0.1, 0.15) is 21.5 Å². The zero-order valence-corrected chi connectivity index (χ0v) is 16.5. The Kier molecular flexibility index (Phi) is 4.81. The molecule has 0 N–H and O–H groups in total. The number of benzene rings is 4. The summed E-state index contributed by atoms with van der Waals surface area (Å²) in [5, 5.41) is 2.19. The minimum absolute atomic E-state index is 0.00210. The Morgan fingerprint density at radius 3 is 2.30 bits per heavy atom. The van der Waals surface area contributed by atoms with Crippen LogP contribution in [0.15, 0.2) is 91.0 Å². The molecule has 0 atom stereocenters. The van der Waals surface area contributed by atoms with E-state index in [4.69, 9.17) is 9.47 Å². The van der Waals surface area contributed by atoms with Crippen LogP contribution >= 0.6 is 0 Å². The van der Waals surface area contributed by atoms with Gasteiger partial charge < -0.3 is 14.4 Å². The largest absolute Gasteiger partial charge is 0.454 e. The van der Waals surface area contributed by atoms with E-state index in [1.165, 1.54) is 0 Å². The highest BCUT2D eigenvalue weighted by Crippen LogP contribution is 2.33. The molecule has 4 aromatic rings. The lowest BCUT2D eigenvalue weighted by molar-refractivity contribution is 0.0730. The number of ether oxygens (including phenoxy) is 2. The molecular formula is C26H21NO3. The van der Waals surface area contributed by atoms with Crippen LogP contribution in [-0.2, 0) is 13.1 Å². The number of carbonyl (C=O) groups is 1. The quantitative estimate of drug-likeness (QED) is 0.453. The summed E-state index contributed by atoms with van der Waals surface area (Å²) in [5.41, 5.74) is 2.78. The molecule has 1 aliphatic rings. The van der Waals surface area contributed by atoms with Crippen molar-refractivity contribution >= 4 is 16.7 Å². The van der Waals surface area contributed by atoms with E-state index in [2.05, 4.69) is 6.07 Å². The van der Waals surface area contributed by atoms with Crippen molar-refractivity contribution in [1.29, 1.82) is 0 Å². The minimum atomic E-state index is 0.00210. The molecule has 0 fully saturated rings. The van der Waals surface area contributed by atoms with Crippen molar-refractivity contribution in [2.45, 2.75) is 13.1 Å². The zero-order valence-electron chi connectivity index (χ0n) is 16.5. The fourth-order valence-corrected chi connectivity index (χ4v) is 3.77. The standard InChI is InChI=1S/C26H21NO3/c28-26(23-12-11-21-8-4-5-9-22(21)15-23)27(16-19-6-2-1-3-7-19)17-20-10-13-24-25(14-20)30-18-29-24/h1-15H,16-18H2. The third-order valence-corrected chi connectivity index (χ3v) is 5.31. The van der Waals surface area contributed by atoms with Gasteiger partial charge >= 0.3 is 0 Å². The van der Waals surface area contributed by atoms with Crippen molar-refractivity contribution in [3.05, 3.63) is 108 Å². The highest BCUT2D eigenvalue weighted by atomic mass is 16.7. The van der Waals surface area contributed by atoms with Gasteiger partial charge in [-0.3, -0.25) is 4.79 Å². The average Bonchev–Trinajstić information content (AvgIpc) is 3.26. The first kappa shape index (κ1) is 18.3. The Hall–Kier alpha value is -3.79. The van der Waals surface area contributed by atoms with E-state index in [9.17, 15) is 4.79 Å². The molecule has 0 aromatic heterocycles. The Labute approximate surface area is 175 Å². The molecule has 0 unspecified atom stereocenters. The second-order valence-corrected chi connectivity index (χ2v) is 7.40. The third kappa shape index (κ3) is 3.72. The number of hydrogen-bond acceptors (Lipinski definition) is 3. The van der Waals surface area contributed by atoms with Crippen molar-refractivity contribution in [2.24, 2.45) is 0 Å². The normalized spacial score (nSPS) is 12.1. The van der Waals surface area contributed by atoms with Crippen molar-refractivity contribution in [3.63, 3.8) is 0 Å². The van der Waals surface area contributed by atoms with E-state index >= 15 is 0 Å². The Balaban J connectivity index is 1.47. The number of nitrogens with zero attached hydrogens (tertiary/aromatic N) is 1. The summed E-state index contributed by atoms with van der Waals surface area (Å²) >= 11 is 0. The Bertz CT molecular complexity index is 1200. The lowest BCUT2D eigenvalue weighted by atomic mass is 10.1. The van der Waals surface area contributed by atoms with Crippen LogP contribution in [0.5, 0.6) is 11.5 Å². The van der Waals surface area contributed by atoms with Crippen LogP contribution in [0.3, 0.4) is 0 Å². The lowest BCUT2D eigenvalue weighted by Crippen LogP contribution is -2.30. The molecule has 1 heterocycles. The molecule has 148 valence electrons. The number of fused-ring (bicyclic) bond motifs is 2. The molecule has 5 rings (SSSR count). The van der Waals surface area contributed by atoms with Gasteiger partial charge in [0.05, 0.1) is 0 Å². The highest BCUT2D eigenvalue weighted by Gasteiger charge is 2.19. The van der Waals surface area contributed by atoms with Gasteiger partial charge in [-0.25, -0.2) is 0 Å². The van der Waals surface area contributed by atoms with Crippen LogP contribution in [0.25, 0.3) is 10.8 Å². The molecule has 0 radical (unpaired) electrons. The third-order valence-electron chi connectivity index (χ3n) is 5.31. The Morgan fingerprint density at radius 1 is 0.700 bits per heavy atom. The second kappa shape index (κ2) is 7.91. The van der Waals surface area contributed by atoms with E-state index in [-0.39, 0.29) is 12.7 Å². The monoisotopic (exact) mass is 395 g/mol. The number of rotatable bonds is 5. The molecular weight excluding hydrogens is 374 g/mol. The summed E-state index contributed by atoms with van der Waals surface area (Å²) in [6.07, 6.45) is 0. The molecule has 0 aliphatic carbocycles. The molecule has 4 nitrogen and oxygen atoms in total. The second-order valence-electron chi connectivity index (χ2n) is 7.40. The average molecular weight is 395 g/mol. The van der Waals surface area contributed by atoms with Gasteiger partial charge in [-0.05, 0) is 46.2 Å². The van der Waals surface area contributed by atoms with Gasteiger partial charge in [0.2, 0.25) is 6.79 Å². The smallest absolute Gasteiger partial charge is 0.254 e. The van der Waals surface area contributed by atoms with Gasteiger partial charge in [-0.1, -0.05) is 66.7 Å². The summed E-state index contributed by atoms with van der Waals surface area (Å²) in [6, 6.07) is 29.9. The van der Waals surface area contributed by atoms with Gasteiger partial charge in [-0.2, -0.15) is 0 Å². The first-order valence-corrected chi connectivity index (χ1v) is 9.97. The van der Waals surface area contributed by atoms with Crippen molar-refractivity contribution < 1.29 is 14.3 Å². The summed E-state index contributed by atoms with van der Waals surface area (Å²) in [6.45, 7) is 1.25. The predicted molar refractivity (Wildman–Crippen MR) is 117 cm³/mol. The fraction of sp³-hybridized carbons (Fsp3) is 0.115. The maximum atomic E-state index is 13.5. The van der Waals surface area contributed by atoms with Crippen molar-refractivity contribution in [2.75, 3.05) is 6.79 Å². The van der Waals surface area contributed by atoms with Crippen LogP contribution in [0.2, 0.25) is 0 Å². The molecule has 4 heteroatoms. The topological polar surface area (TPSA) is 38.8 Å². The van der Waals surface area contributed by atoms with Crippen molar-refractivity contribution in [3.8, 4) is 11.5 Å². The van der Waals surface area contributed by atoms with E-state index in [1.807, 2.05) is 89.8 Å². The van der Waals surface area contributed by atoms with E-state index in [0.29, 0.717) is 18.7 Å². The summed E-state index contributed by atoms with van der Waals surface area (Å²) < 4.78 is 10.9. The van der Waals surface area contributed by atoms with E-state index < -0.39 is 0 Å². The van der Waals surface area contributed by atoms with Crippen LogP contribution in [0.4, 0.5) is 0 Å². The van der Waals surface area contributed by atoms with Gasteiger partial charge in [0.15, 0.2) is 11.5 Å². The number of carbonyl (C=O) groups excluding carboxylic acids is 1. The number of hydrogen-bond donors (Lipinski definition) is 0. The van der Waals surface area contributed by atoms with Crippen LogP contribution in [-0.4, -0.2) is 17.6 Å². The summed E-state index contributed by atoms with van der Waals surface area (Å²) in [5.74, 6) is 1.47. The lowest BCUT2D eigenvalue weighted by Gasteiger charge is -2.23. The molecule has 30 heavy (non-hydrogen) atoms. The van der Waals surface area contributed by atoms with E-state index in [1.54, 1.807) is 0 Å². The fourth-order valence-electron chi connectivity index (χ4n) is 3.77. The first-order valence-electron chi connectivity index (χ1n) is 9.97. The minimum Gasteiger partial charge on any atom is -0.454 e. The molecule has 0 saturated heterocycles. The molecule has 0 spiro atoms.